The highest BCUT2D eigenvalue weighted by Crippen LogP contribution is 2.36. The van der Waals surface area contributed by atoms with Crippen LogP contribution >= 0.6 is 11.3 Å². The van der Waals surface area contributed by atoms with Gasteiger partial charge in [0, 0.05) is 11.8 Å². The van der Waals surface area contributed by atoms with Crippen LogP contribution in [0, 0.1) is 0 Å². The van der Waals surface area contributed by atoms with E-state index < -0.39 is 0 Å². The van der Waals surface area contributed by atoms with E-state index in [1.165, 1.54) is 0 Å². The largest absolute Gasteiger partial charge is 0.485 e. The topological polar surface area (TPSA) is 49.2 Å². The van der Waals surface area contributed by atoms with Crippen LogP contribution < -0.4 is 9.47 Å². The molecule has 38 heavy (non-hydrogen) atoms. The van der Waals surface area contributed by atoms with E-state index in [4.69, 9.17) is 14.6 Å². The number of nitrogens with zero attached hydrogens (tertiary/aromatic N) is 3. The molecule has 0 aliphatic carbocycles. The molecule has 0 saturated heterocycles. The van der Waals surface area contributed by atoms with Crippen LogP contribution in [0.15, 0.2) is 127 Å². The van der Waals surface area contributed by atoms with Gasteiger partial charge in [-0.05, 0) is 59.0 Å². The van der Waals surface area contributed by atoms with Crippen LogP contribution in [0.3, 0.4) is 0 Å². The maximum atomic E-state index is 6.33. The summed E-state index contributed by atoms with van der Waals surface area (Å²) in [5.74, 6) is 2.12. The Morgan fingerprint density at radius 3 is 2.03 bits per heavy atom. The van der Waals surface area contributed by atoms with E-state index in [0.29, 0.717) is 24.7 Å². The van der Waals surface area contributed by atoms with E-state index in [0.717, 1.165) is 38.8 Å². The third kappa shape index (κ3) is 5.36. The highest BCUT2D eigenvalue weighted by molar-refractivity contribution is 7.13. The van der Waals surface area contributed by atoms with Crippen molar-refractivity contribution in [1.82, 2.24) is 14.8 Å². The molecule has 0 atom stereocenters. The van der Waals surface area contributed by atoms with Gasteiger partial charge in [0.15, 0.2) is 17.3 Å². The Labute approximate surface area is 225 Å². The molecule has 3 aromatic carbocycles. The first-order chi connectivity index (χ1) is 18.8. The van der Waals surface area contributed by atoms with Crippen LogP contribution in [0.25, 0.3) is 27.6 Å². The normalized spacial score (nSPS) is 10.8. The molecule has 6 rings (SSSR count). The minimum Gasteiger partial charge on any atom is -0.485 e. The molecule has 0 spiro atoms. The summed E-state index contributed by atoms with van der Waals surface area (Å²) in [5, 5.41) is 6.97. The van der Waals surface area contributed by atoms with E-state index in [1.54, 1.807) is 17.5 Å². The molecule has 0 radical (unpaired) electrons. The van der Waals surface area contributed by atoms with Crippen LogP contribution in [-0.2, 0) is 13.2 Å². The van der Waals surface area contributed by atoms with Gasteiger partial charge in [-0.1, -0.05) is 72.8 Å². The van der Waals surface area contributed by atoms with Crippen molar-refractivity contribution in [2.24, 2.45) is 0 Å². The average molecular weight is 516 g/mol. The number of ether oxygens (including phenoxy) is 2. The zero-order valence-electron chi connectivity index (χ0n) is 20.6. The molecule has 0 saturated carbocycles. The Hall–Kier alpha value is -4.68. The molecule has 186 valence electrons. The molecule has 0 fully saturated rings. The standard InChI is InChI=1S/C32H25N3O2S/c1-3-10-24(11-4-1)22-36-29-17-16-26(20-30(29)37-23-25-12-5-2-6-13-25)28-21-27(31-14-9-19-38-31)34-35(28)32-15-7-8-18-33-32/h1-21H,22-23H2. The summed E-state index contributed by atoms with van der Waals surface area (Å²) in [7, 11) is 0. The fraction of sp³-hybridized carbons (Fsp3) is 0.0625. The highest BCUT2D eigenvalue weighted by atomic mass is 32.1. The van der Waals surface area contributed by atoms with Gasteiger partial charge >= 0.3 is 0 Å². The Kier molecular flexibility index (Phi) is 6.96. The number of pyridine rings is 1. The van der Waals surface area contributed by atoms with Gasteiger partial charge in [-0.3, -0.25) is 0 Å². The van der Waals surface area contributed by atoms with E-state index in [1.807, 2.05) is 83.5 Å². The van der Waals surface area contributed by atoms with Gasteiger partial charge in [-0.2, -0.15) is 5.10 Å². The zero-order chi connectivity index (χ0) is 25.6. The molecule has 0 amide bonds. The van der Waals surface area contributed by atoms with Crippen LogP contribution in [-0.4, -0.2) is 14.8 Å². The van der Waals surface area contributed by atoms with E-state index >= 15 is 0 Å². The van der Waals surface area contributed by atoms with Crippen molar-refractivity contribution >= 4 is 11.3 Å². The van der Waals surface area contributed by atoms with Crippen LogP contribution in [0.5, 0.6) is 11.5 Å². The fourth-order valence-corrected chi connectivity index (χ4v) is 4.84. The highest BCUT2D eigenvalue weighted by Gasteiger charge is 2.17. The predicted molar refractivity (Wildman–Crippen MR) is 152 cm³/mol. The molecule has 0 aliphatic rings. The SMILES string of the molecule is c1ccc(COc2ccc(-c3cc(-c4cccs4)nn3-c3ccccn3)cc2OCc2ccccc2)cc1. The molecule has 0 aliphatic heterocycles. The van der Waals surface area contributed by atoms with Crippen LogP contribution in [0.2, 0.25) is 0 Å². The zero-order valence-corrected chi connectivity index (χ0v) is 21.4. The van der Waals surface area contributed by atoms with Crippen molar-refractivity contribution in [1.29, 1.82) is 0 Å². The molecule has 6 aromatic rings. The van der Waals surface area contributed by atoms with Gasteiger partial charge in [-0.25, -0.2) is 9.67 Å². The van der Waals surface area contributed by atoms with Crippen LogP contribution in [0.4, 0.5) is 0 Å². The minimum atomic E-state index is 0.436. The molecular formula is C32H25N3O2S. The van der Waals surface area contributed by atoms with Gasteiger partial charge in [0.1, 0.15) is 18.9 Å². The first kappa shape index (κ1) is 23.7. The summed E-state index contributed by atoms with van der Waals surface area (Å²) in [6.07, 6.45) is 1.78. The summed E-state index contributed by atoms with van der Waals surface area (Å²) in [6, 6.07) is 38.3. The van der Waals surface area contributed by atoms with Crippen molar-refractivity contribution < 1.29 is 9.47 Å². The monoisotopic (exact) mass is 515 g/mol. The summed E-state index contributed by atoms with van der Waals surface area (Å²) in [5.41, 5.74) is 4.97. The summed E-state index contributed by atoms with van der Waals surface area (Å²) in [4.78, 5) is 5.66. The number of benzene rings is 3. The van der Waals surface area contributed by atoms with Gasteiger partial charge < -0.3 is 9.47 Å². The third-order valence-electron chi connectivity index (χ3n) is 6.06. The van der Waals surface area contributed by atoms with E-state index in [-0.39, 0.29) is 0 Å². The maximum absolute atomic E-state index is 6.33. The quantitative estimate of drug-likeness (QED) is 0.197. The summed E-state index contributed by atoms with van der Waals surface area (Å²) < 4.78 is 14.4. The minimum absolute atomic E-state index is 0.436. The van der Waals surface area contributed by atoms with Gasteiger partial charge in [0.2, 0.25) is 0 Å². The number of rotatable bonds is 9. The van der Waals surface area contributed by atoms with Crippen molar-refractivity contribution in [3.8, 4) is 39.1 Å². The van der Waals surface area contributed by atoms with Crippen molar-refractivity contribution in [2.45, 2.75) is 13.2 Å². The van der Waals surface area contributed by atoms with Gasteiger partial charge in [0.25, 0.3) is 0 Å². The lowest BCUT2D eigenvalue weighted by atomic mass is 10.1. The summed E-state index contributed by atoms with van der Waals surface area (Å²) >= 11 is 1.66. The maximum Gasteiger partial charge on any atom is 0.162 e. The third-order valence-corrected chi connectivity index (χ3v) is 6.96. The van der Waals surface area contributed by atoms with Crippen molar-refractivity contribution in [2.75, 3.05) is 0 Å². The lowest BCUT2D eigenvalue weighted by Crippen LogP contribution is -2.03. The van der Waals surface area contributed by atoms with Gasteiger partial charge in [-0.15, -0.1) is 11.3 Å². The molecule has 6 heteroatoms. The molecule has 0 N–H and O–H groups in total. The molecular weight excluding hydrogens is 490 g/mol. The fourth-order valence-electron chi connectivity index (χ4n) is 4.16. The number of aromatic nitrogens is 3. The van der Waals surface area contributed by atoms with Crippen molar-refractivity contribution in [3.05, 3.63) is 138 Å². The van der Waals surface area contributed by atoms with Crippen molar-refractivity contribution in [3.63, 3.8) is 0 Å². The lowest BCUT2D eigenvalue weighted by molar-refractivity contribution is 0.256. The number of thiophene rings is 1. The second-order valence-electron chi connectivity index (χ2n) is 8.70. The lowest BCUT2D eigenvalue weighted by Gasteiger charge is -2.15. The predicted octanol–water partition coefficient (Wildman–Crippen LogP) is 7.82. The Balaban J connectivity index is 1.38. The average Bonchev–Trinajstić information content (AvgIpc) is 3.68. The molecule has 3 aromatic heterocycles. The van der Waals surface area contributed by atoms with E-state index in [2.05, 4.69) is 46.8 Å². The molecule has 0 unspecified atom stereocenters. The Morgan fingerprint density at radius 2 is 1.37 bits per heavy atom. The van der Waals surface area contributed by atoms with Gasteiger partial charge in [0.05, 0.1) is 10.6 Å². The first-order valence-electron chi connectivity index (χ1n) is 12.4. The second-order valence-corrected chi connectivity index (χ2v) is 9.65. The smallest absolute Gasteiger partial charge is 0.162 e. The molecule has 0 bridgehead atoms. The van der Waals surface area contributed by atoms with E-state index in [9.17, 15) is 0 Å². The number of hydrogen-bond acceptors (Lipinski definition) is 5. The Bertz CT molecular complexity index is 1600. The first-order valence-corrected chi connectivity index (χ1v) is 13.2. The summed E-state index contributed by atoms with van der Waals surface area (Å²) in [6.45, 7) is 0.891. The number of hydrogen-bond donors (Lipinski definition) is 0. The van der Waals surface area contributed by atoms with Crippen LogP contribution in [0.1, 0.15) is 11.1 Å². The second kappa shape index (κ2) is 11.2. The Morgan fingerprint density at radius 1 is 0.658 bits per heavy atom. The molecule has 5 nitrogen and oxygen atoms in total. The molecule has 3 heterocycles.